The van der Waals surface area contributed by atoms with Crippen LogP contribution in [0, 0.1) is 5.92 Å². The predicted molar refractivity (Wildman–Crippen MR) is 130 cm³/mol. The van der Waals surface area contributed by atoms with Crippen LogP contribution in [-0.2, 0) is 14.4 Å². The van der Waals surface area contributed by atoms with E-state index in [0.29, 0.717) is 39.2 Å². The fourth-order valence-corrected chi connectivity index (χ4v) is 4.94. The lowest BCUT2D eigenvalue weighted by Crippen LogP contribution is -2.37. The number of amides is 2. The van der Waals surface area contributed by atoms with Crippen LogP contribution in [0.2, 0.25) is 5.02 Å². The van der Waals surface area contributed by atoms with Gasteiger partial charge in [-0.25, -0.2) is 9.96 Å². The number of para-hydroxylation sites is 1. The summed E-state index contributed by atoms with van der Waals surface area (Å²) >= 11 is 6.14. The summed E-state index contributed by atoms with van der Waals surface area (Å²) in [5.41, 5.74) is 1.71. The number of methoxy groups -OCH3 is 3. The number of hydroxylamine groups is 1. The molecule has 0 N–H and O–H groups in total. The van der Waals surface area contributed by atoms with E-state index in [9.17, 15) is 9.59 Å². The average molecular weight is 495 g/mol. The van der Waals surface area contributed by atoms with Crippen molar-refractivity contribution < 1.29 is 28.6 Å². The molecule has 2 aliphatic rings. The number of carbonyl (C=O) groups excluding carboxylic acids is 2. The predicted octanol–water partition coefficient (Wildman–Crippen LogP) is 4.42. The Bertz CT molecular complexity index is 1280. The van der Waals surface area contributed by atoms with Crippen LogP contribution < -0.4 is 24.2 Å². The number of imide groups is 1. The van der Waals surface area contributed by atoms with E-state index in [4.69, 9.17) is 30.6 Å². The van der Waals surface area contributed by atoms with E-state index < -0.39 is 24.0 Å². The summed E-state index contributed by atoms with van der Waals surface area (Å²) in [5.74, 6) is -0.429. The topological polar surface area (TPSA) is 77.5 Å². The number of anilines is 2. The van der Waals surface area contributed by atoms with Crippen LogP contribution in [0.3, 0.4) is 0 Å². The van der Waals surface area contributed by atoms with Gasteiger partial charge in [-0.2, -0.15) is 0 Å². The molecule has 2 heterocycles. The van der Waals surface area contributed by atoms with Crippen molar-refractivity contribution in [2.75, 3.05) is 31.3 Å². The van der Waals surface area contributed by atoms with E-state index in [0.717, 1.165) is 4.90 Å². The molecule has 5 rings (SSSR count). The van der Waals surface area contributed by atoms with Crippen LogP contribution in [-0.4, -0.2) is 39.2 Å². The Hall–Kier alpha value is -3.75. The maximum absolute atomic E-state index is 13.8. The van der Waals surface area contributed by atoms with Crippen LogP contribution in [0.5, 0.6) is 17.2 Å². The van der Waals surface area contributed by atoms with Gasteiger partial charge in [0.1, 0.15) is 12.0 Å². The minimum absolute atomic E-state index is 0.382. The molecule has 3 atom stereocenters. The molecule has 2 amide bonds. The Kier molecular flexibility index (Phi) is 6.00. The molecule has 3 aromatic rings. The molecule has 35 heavy (non-hydrogen) atoms. The third-order valence-corrected chi connectivity index (χ3v) is 6.48. The van der Waals surface area contributed by atoms with Gasteiger partial charge >= 0.3 is 0 Å². The van der Waals surface area contributed by atoms with Crippen LogP contribution in [0.1, 0.15) is 11.6 Å². The standard InChI is InChI=1S/C26H23ClN2O6/c1-32-19-13-12-18(22(33-2)23(19)34-3)21-20-24(35-29(21)16-9-5-4-6-10-16)26(31)28(25(20)30)17-11-7-8-15(27)14-17/h4-14,20-21,24H,1-3H3/t20-,21+,24+/m1/s1. The van der Waals surface area contributed by atoms with E-state index >= 15 is 0 Å². The van der Waals surface area contributed by atoms with Crippen LogP contribution in [0.25, 0.3) is 0 Å². The molecule has 3 aromatic carbocycles. The molecule has 0 spiro atoms. The molecule has 2 saturated heterocycles. The molecule has 8 nitrogen and oxygen atoms in total. The SMILES string of the molecule is COc1ccc([C@H]2[C@H]3C(=O)N(c4cccc(Cl)c4)C(=O)[C@H]3ON2c2ccccc2)c(OC)c1OC. The summed E-state index contributed by atoms with van der Waals surface area (Å²) in [5, 5.41) is 2.02. The monoisotopic (exact) mass is 494 g/mol. The Morgan fingerprint density at radius 1 is 0.800 bits per heavy atom. The normalized spacial score (nSPS) is 21.3. The van der Waals surface area contributed by atoms with Crippen molar-refractivity contribution in [3.63, 3.8) is 0 Å². The van der Waals surface area contributed by atoms with Crippen molar-refractivity contribution in [1.82, 2.24) is 0 Å². The second-order valence-electron chi connectivity index (χ2n) is 8.07. The minimum Gasteiger partial charge on any atom is -0.493 e. The van der Waals surface area contributed by atoms with Gasteiger partial charge < -0.3 is 14.2 Å². The first kappa shape index (κ1) is 23.0. The molecular formula is C26H23ClN2O6. The van der Waals surface area contributed by atoms with Crippen molar-refractivity contribution in [1.29, 1.82) is 0 Å². The number of carbonyl (C=O) groups is 2. The summed E-state index contributed by atoms with van der Waals surface area (Å²) in [6.45, 7) is 0. The van der Waals surface area contributed by atoms with E-state index in [1.54, 1.807) is 41.5 Å². The fraction of sp³-hybridized carbons (Fsp3) is 0.231. The summed E-state index contributed by atoms with van der Waals surface area (Å²) in [6, 6.07) is 18.8. The van der Waals surface area contributed by atoms with Gasteiger partial charge in [0.15, 0.2) is 17.6 Å². The molecule has 180 valence electrons. The summed E-state index contributed by atoms with van der Waals surface area (Å²) < 4.78 is 16.7. The fourth-order valence-electron chi connectivity index (χ4n) is 4.76. The highest BCUT2D eigenvalue weighted by Crippen LogP contribution is 2.52. The number of hydrogen-bond donors (Lipinski definition) is 0. The molecule has 0 bridgehead atoms. The Morgan fingerprint density at radius 3 is 2.17 bits per heavy atom. The van der Waals surface area contributed by atoms with Crippen molar-refractivity contribution in [2.45, 2.75) is 12.1 Å². The minimum atomic E-state index is -1.02. The van der Waals surface area contributed by atoms with Gasteiger partial charge in [-0.15, -0.1) is 0 Å². The van der Waals surface area contributed by atoms with E-state index in [-0.39, 0.29) is 5.91 Å². The third-order valence-electron chi connectivity index (χ3n) is 6.25. The first-order valence-corrected chi connectivity index (χ1v) is 11.3. The summed E-state index contributed by atoms with van der Waals surface area (Å²) in [6.07, 6.45) is -1.02. The Morgan fingerprint density at radius 2 is 1.51 bits per heavy atom. The lowest BCUT2D eigenvalue weighted by Gasteiger charge is -2.30. The molecule has 0 aliphatic carbocycles. The number of ether oxygens (including phenoxy) is 3. The number of hydrogen-bond acceptors (Lipinski definition) is 7. The van der Waals surface area contributed by atoms with Gasteiger partial charge in [-0.3, -0.25) is 14.4 Å². The zero-order chi connectivity index (χ0) is 24.7. The molecule has 0 unspecified atom stereocenters. The first-order valence-electron chi connectivity index (χ1n) is 10.9. The zero-order valence-corrected chi connectivity index (χ0v) is 20.1. The van der Waals surface area contributed by atoms with Crippen molar-refractivity contribution >= 4 is 34.8 Å². The molecule has 2 aliphatic heterocycles. The lowest BCUT2D eigenvalue weighted by molar-refractivity contribution is -0.126. The van der Waals surface area contributed by atoms with E-state index in [2.05, 4.69) is 0 Å². The third kappa shape index (κ3) is 3.66. The second kappa shape index (κ2) is 9.13. The van der Waals surface area contributed by atoms with Gasteiger partial charge in [0.25, 0.3) is 5.91 Å². The molecule has 0 aromatic heterocycles. The van der Waals surface area contributed by atoms with E-state index in [1.165, 1.54) is 21.3 Å². The van der Waals surface area contributed by atoms with Gasteiger partial charge in [-0.1, -0.05) is 35.9 Å². The zero-order valence-electron chi connectivity index (χ0n) is 19.3. The summed E-state index contributed by atoms with van der Waals surface area (Å²) in [4.78, 5) is 34.6. The molecular weight excluding hydrogens is 472 g/mol. The number of fused-ring (bicyclic) bond motifs is 1. The smallest absolute Gasteiger partial charge is 0.266 e. The maximum Gasteiger partial charge on any atom is 0.266 e. The lowest BCUT2D eigenvalue weighted by atomic mass is 9.89. The van der Waals surface area contributed by atoms with Crippen molar-refractivity contribution in [3.8, 4) is 17.2 Å². The van der Waals surface area contributed by atoms with Crippen LogP contribution in [0.15, 0.2) is 66.7 Å². The number of nitrogens with zero attached hydrogens (tertiary/aromatic N) is 2. The van der Waals surface area contributed by atoms with Crippen LogP contribution in [0.4, 0.5) is 11.4 Å². The highest BCUT2D eigenvalue weighted by atomic mass is 35.5. The first-order chi connectivity index (χ1) is 17.0. The average Bonchev–Trinajstić information content (AvgIpc) is 3.39. The Balaban J connectivity index is 1.66. The number of rotatable bonds is 6. The summed E-state index contributed by atoms with van der Waals surface area (Å²) in [7, 11) is 4.56. The molecule has 9 heteroatoms. The van der Waals surface area contributed by atoms with Crippen LogP contribution >= 0.6 is 11.6 Å². The maximum atomic E-state index is 13.8. The second-order valence-corrected chi connectivity index (χ2v) is 8.51. The van der Waals surface area contributed by atoms with Gasteiger partial charge in [0.2, 0.25) is 11.7 Å². The molecule has 2 fully saturated rings. The largest absolute Gasteiger partial charge is 0.493 e. The van der Waals surface area contributed by atoms with Gasteiger partial charge in [0.05, 0.1) is 32.7 Å². The van der Waals surface area contributed by atoms with Gasteiger partial charge in [0, 0.05) is 10.6 Å². The highest BCUT2D eigenvalue weighted by molar-refractivity contribution is 6.31. The molecule has 0 saturated carbocycles. The van der Waals surface area contributed by atoms with Crippen molar-refractivity contribution in [2.24, 2.45) is 5.92 Å². The number of benzene rings is 3. The highest BCUT2D eigenvalue weighted by Gasteiger charge is 2.61. The van der Waals surface area contributed by atoms with Crippen molar-refractivity contribution in [3.05, 3.63) is 77.3 Å². The van der Waals surface area contributed by atoms with E-state index in [1.807, 2.05) is 30.3 Å². The number of halogens is 1. The quantitative estimate of drug-likeness (QED) is 0.469. The molecule has 0 radical (unpaired) electrons. The van der Waals surface area contributed by atoms with Gasteiger partial charge in [-0.05, 0) is 42.5 Å². The Labute approximate surface area is 207 Å².